The molecule has 0 saturated heterocycles. The van der Waals surface area contributed by atoms with Gasteiger partial charge in [-0.25, -0.2) is 0 Å². The Hall–Kier alpha value is -1.91. The van der Waals surface area contributed by atoms with Gasteiger partial charge in [-0.3, -0.25) is 0 Å². The van der Waals surface area contributed by atoms with Crippen LogP contribution in [0, 0.1) is 10.1 Å². The molecular weight excluding hydrogens is 170 g/mol. The van der Waals surface area contributed by atoms with Crippen molar-refractivity contribution in [2.75, 3.05) is 11.9 Å². The summed E-state index contributed by atoms with van der Waals surface area (Å²) in [6.07, 6.45) is 3.01. The Morgan fingerprint density at radius 1 is 1.77 bits per heavy atom. The van der Waals surface area contributed by atoms with E-state index in [0.29, 0.717) is 12.2 Å². The van der Waals surface area contributed by atoms with E-state index in [-0.39, 0.29) is 5.82 Å². The summed E-state index contributed by atoms with van der Waals surface area (Å²) >= 11 is 0. The summed E-state index contributed by atoms with van der Waals surface area (Å²) in [7, 11) is 0. The summed E-state index contributed by atoms with van der Waals surface area (Å²) in [5.74, 6) is -0.163. The summed E-state index contributed by atoms with van der Waals surface area (Å²) in [5.41, 5.74) is 0.410. The molecule has 68 valence electrons. The Labute approximate surface area is 75.3 Å². The van der Waals surface area contributed by atoms with Crippen LogP contribution in [0.1, 0.15) is 0 Å². The van der Waals surface area contributed by atoms with Crippen molar-refractivity contribution in [1.82, 2.24) is 4.98 Å². The first-order valence-electron chi connectivity index (χ1n) is 3.70. The monoisotopic (exact) mass is 179 g/mol. The summed E-state index contributed by atoms with van der Waals surface area (Å²) in [6, 6.07) is 3.24. The molecule has 1 rings (SSSR count). The fraction of sp³-hybridized carbons (Fsp3) is 0.125. The lowest BCUT2D eigenvalue weighted by molar-refractivity contribution is -0.388. The first-order valence-corrected chi connectivity index (χ1v) is 3.70. The van der Waals surface area contributed by atoms with Gasteiger partial charge in [-0.1, -0.05) is 6.08 Å². The predicted octanol–water partition coefficient (Wildman–Crippen LogP) is 1.59. The zero-order valence-electron chi connectivity index (χ0n) is 6.93. The van der Waals surface area contributed by atoms with E-state index in [9.17, 15) is 10.1 Å². The SMILES string of the molecule is C=CCNc1cccnc1[N+](=O)[O-]. The highest BCUT2D eigenvalue weighted by Crippen LogP contribution is 2.19. The number of aromatic nitrogens is 1. The number of anilines is 1. The second kappa shape index (κ2) is 4.20. The fourth-order valence-electron chi connectivity index (χ4n) is 0.863. The Balaban J connectivity index is 2.90. The van der Waals surface area contributed by atoms with Crippen molar-refractivity contribution in [3.63, 3.8) is 0 Å². The van der Waals surface area contributed by atoms with E-state index in [0.717, 1.165) is 0 Å². The van der Waals surface area contributed by atoms with Gasteiger partial charge >= 0.3 is 5.82 Å². The smallest absolute Gasteiger partial charge is 0.375 e. The van der Waals surface area contributed by atoms with Gasteiger partial charge in [-0.2, -0.15) is 0 Å². The van der Waals surface area contributed by atoms with E-state index in [2.05, 4.69) is 16.9 Å². The first-order chi connectivity index (χ1) is 6.25. The minimum absolute atomic E-state index is 0.163. The van der Waals surface area contributed by atoms with Crippen molar-refractivity contribution in [2.45, 2.75) is 0 Å². The molecule has 1 aromatic heterocycles. The number of hydrogen-bond acceptors (Lipinski definition) is 4. The summed E-state index contributed by atoms with van der Waals surface area (Å²) < 4.78 is 0. The molecule has 0 saturated carbocycles. The maximum atomic E-state index is 10.5. The molecule has 0 aliphatic rings. The van der Waals surface area contributed by atoms with Crippen LogP contribution < -0.4 is 5.32 Å². The van der Waals surface area contributed by atoms with Crippen LogP contribution >= 0.6 is 0 Å². The third-order valence-electron chi connectivity index (χ3n) is 1.40. The summed E-state index contributed by atoms with van der Waals surface area (Å²) in [6.45, 7) is 3.98. The molecule has 0 spiro atoms. The molecule has 1 heterocycles. The average Bonchev–Trinajstić information content (AvgIpc) is 2.15. The van der Waals surface area contributed by atoms with Crippen molar-refractivity contribution in [3.8, 4) is 0 Å². The second-order valence-electron chi connectivity index (χ2n) is 2.30. The number of pyridine rings is 1. The van der Waals surface area contributed by atoms with Gasteiger partial charge in [0.1, 0.15) is 11.9 Å². The summed E-state index contributed by atoms with van der Waals surface area (Å²) in [5, 5.41) is 13.3. The van der Waals surface area contributed by atoms with Gasteiger partial charge in [0.15, 0.2) is 0 Å². The Morgan fingerprint density at radius 2 is 2.54 bits per heavy atom. The minimum atomic E-state index is -0.522. The lowest BCUT2D eigenvalue weighted by atomic mass is 10.4. The molecule has 0 fully saturated rings. The van der Waals surface area contributed by atoms with E-state index < -0.39 is 4.92 Å². The normalized spacial score (nSPS) is 9.23. The molecule has 0 atom stereocenters. The topological polar surface area (TPSA) is 68.1 Å². The molecule has 1 N–H and O–H groups in total. The molecule has 0 aliphatic heterocycles. The van der Waals surface area contributed by atoms with E-state index >= 15 is 0 Å². The van der Waals surface area contributed by atoms with Gasteiger partial charge in [0.05, 0.1) is 0 Å². The molecule has 13 heavy (non-hydrogen) atoms. The highest BCUT2D eigenvalue weighted by molar-refractivity contribution is 5.56. The van der Waals surface area contributed by atoms with Crippen LogP contribution in [0.3, 0.4) is 0 Å². The predicted molar refractivity (Wildman–Crippen MR) is 49.6 cm³/mol. The Kier molecular flexibility index (Phi) is 2.97. The maximum absolute atomic E-state index is 10.5. The average molecular weight is 179 g/mol. The largest absolute Gasteiger partial charge is 0.386 e. The van der Waals surface area contributed by atoms with Crippen molar-refractivity contribution < 1.29 is 4.92 Å². The van der Waals surface area contributed by atoms with E-state index in [1.165, 1.54) is 6.20 Å². The van der Waals surface area contributed by atoms with Gasteiger partial charge < -0.3 is 15.4 Å². The van der Waals surface area contributed by atoms with Crippen LogP contribution in [-0.4, -0.2) is 16.5 Å². The lowest BCUT2D eigenvalue weighted by Gasteiger charge is -2.02. The zero-order chi connectivity index (χ0) is 9.68. The quantitative estimate of drug-likeness (QED) is 0.433. The number of nitro groups is 1. The van der Waals surface area contributed by atoms with Gasteiger partial charge in [-0.15, -0.1) is 6.58 Å². The molecule has 5 nitrogen and oxygen atoms in total. The molecule has 1 aromatic rings. The van der Waals surface area contributed by atoms with Crippen molar-refractivity contribution >= 4 is 11.5 Å². The van der Waals surface area contributed by atoms with Crippen LogP contribution in [0.25, 0.3) is 0 Å². The Bertz CT molecular complexity index is 325. The van der Waals surface area contributed by atoms with E-state index in [1.54, 1.807) is 18.2 Å². The highest BCUT2D eigenvalue weighted by atomic mass is 16.6. The van der Waals surface area contributed by atoms with Crippen LogP contribution in [-0.2, 0) is 0 Å². The molecule has 0 radical (unpaired) electrons. The molecular formula is C8H9N3O2. The third-order valence-corrected chi connectivity index (χ3v) is 1.40. The van der Waals surface area contributed by atoms with Gasteiger partial charge in [0.25, 0.3) is 0 Å². The standard InChI is InChI=1S/C8H9N3O2/c1-2-5-9-7-4-3-6-10-8(7)11(12)13/h2-4,6,9H,1,5H2. The minimum Gasteiger partial charge on any atom is -0.375 e. The van der Waals surface area contributed by atoms with Crippen LogP contribution in [0.15, 0.2) is 31.0 Å². The fourth-order valence-corrected chi connectivity index (χ4v) is 0.863. The zero-order valence-corrected chi connectivity index (χ0v) is 6.93. The van der Waals surface area contributed by atoms with Crippen LogP contribution in [0.2, 0.25) is 0 Å². The van der Waals surface area contributed by atoms with Crippen LogP contribution in [0.4, 0.5) is 11.5 Å². The lowest BCUT2D eigenvalue weighted by Crippen LogP contribution is -2.02. The highest BCUT2D eigenvalue weighted by Gasteiger charge is 2.12. The van der Waals surface area contributed by atoms with Gasteiger partial charge in [-0.05, 0) is 22.0 Å². The van der Waals surface area contributed by atoms with Gasteiger partial charge in [0, 0.05) is 6.54 Å². The second-order valence-corrected chi connectivity index (χ2v) is 2.30. The van der Waals surface area contributed by atoms with Crippen molar-refractivity contribution in [3.05, 3.63) is 41.1 Å². The summed E-state index contributed by atoms with van der Waals surface area (Å²) in [4.78, 5) is 13.6. The molecule has 0 amide bonds. The van der Waals surface area contributed by atoms with E-state index in [1.807, 2.05) is 0 Å². The van der Waals surface area contributed by atoms with Crippen LogP contribution in [0.5, 0.6) is 0 Å². The third kappa shape index (κ3) is 2.26. The maximum Gasteiger partial charge on any atom is 0.386 e. The molecule has 0 bridgehead atoms. The first kappa shape index (κ1) is 9.18. The number of rotatable bonds is 4. The Morgan fingerprint density at radius 3 is 3.15 bits per heavy atom. The molecule has 0 aromatic carbocycles. The van der Waals surface area contributed by atoms with Crippen molar-refractivity contribution in [2.24, 2.45) is 0 Å². The number of nitrogens with zero attached hydrogens (tertiary/aromatic N) is 2. The van der Waals surface area contributed by atoms with Crippen molar-refractivity contribution in [1.29, 1.82) is 0 Å². The molecule has 0 aliphatic carbocycles. The molecule has 5 heteroatoms. The van der Waals surface area contributed by atoms with Gasteiger partial charge in [0.2, 0.25) is 0 Å². The molecule has 0 unspecified atom stereocenters. The van der Waals surface area contributed by atoms with E-state index in [4.69, 9.17) is 0 Å². The number of nitrogens with one attached hydrogen (secondary N) is 1. The number of hydrogen-bond donors (Lipinski definition) is 1.